The molecule has 8 heteroatoms. The lowest BCUT2D eigenvalue weighted by Crippen LogP contribution is -2.45. The van der Waals surface area contributed by atoms with Crippen molar-refractivity contribution in [2.45, 2.75) is 32.7 Å². The third-order valence-electron chi connectivity index (χ3n) is 5.35. The van der Waals surface area contributed by atoms with Crippen LogP contribution < -0.4 is 10.3 Å². The van der Waals surface area contributed by atoms with Crippen molar-refractivity contribution in [2.24, 2.45) is 5.92 Å². The maximum atomic E-state index is 13.0. The molecule has 1 aromatic carbocycles. The summed E-state index contributed by atoms with van der Waals surface area (Å²) in [6.45, 7) is 5.08. The fraction of sp³-hybridized carbons (Fsp3) is 0.455. The number of ether oxygens (including phenoxy) is 2. The molecule has 1 atom stereocenters. The molecule has 0 bridgehead atoms. The molecule has 1 fully saturated rings. The molecule has 30 heavy (non-hydrogen) atoms. The van der Waals surface area contributed by atoms with Gasteiger partial charge in [0.15, 0.2) is 0 Å². The summed E-state index contributed by atoms with van der Waals surface area (Å²) in [5.74, 6) is 0.152. The van der Waals surface area contributed by atoms with Crippen molar-refractivity contribution in [1.82, 2.24) is 14.7 Å². The number of piperidine rings is 1. The van der Waals surface area contributed by atoms with Crippen molar-refractivity contribution in [3.05, 3.63) is 46.8 Å². The Bertz CT molecular complexity index is 946. The average Bonchev–Trinajstić information content (AvgIpc) is 2.79. The zero-order valence-corrected chi connectivity index (χ0v) is 17.5. The first kappa shape index (κ1) is 21.5. The lowest BCUT2D eigenvalue weighted by Gasteiger charge is -2.32. The minimum Gasteiger partial charge on any atom is -0.494 e. The number of hydrogen-bond acceptors (Lipinski definition) is 6. The molecule has 1 saturated heterocycles. The third-order valence-corrected chi connectivity index (χ3v) is 5.35. The predicted octanol–water partition coefficient (Wildman–Crippen LogP) is 2.28. The van der Waals surface area contributed by atoms with Gasteiger partial charge in [0.25, 0.3) is 5.56 Å². The molecule has 3 rings (SSSR count). The lowest BCUT2D eigenvalue weighted by molar-refractivity contribution is -0.149. The summed E-state index contributed by atoms with van der Waals surface area (Å²) >= 11 is 0. The van der Waals surface area contributed by atoms with Crippen LogP contribution in [0.5, 0.6) is 5.75 Å². The molecule has 0 N–H and O–H groups in total. The lowest BCUT2D eigenvalue weighted by atomic mass is 9.96. The Morgan fingerprint density at radius 2 is 1.80 bits per heavy atom. The van der Waals surface area contributed by atoms with Gasteiger partial charge in [0, 0.05) is 24.7 Å². The van der Waals surface area contributed by atoms with E-state index in [9.17, 15) is 14.4 Å². The largest absolute Gasteiger partial charge is 0.494 e. The first-order chi connectivity index (χ1) is 14.4. The van der Waals surface area contributed by atoms with Crippen LogP contribution in [0.15, 0.2) is 41.2 Å². The van der Waals surface area contributed by atoms with Crippen molar-refractivity contribution in [3.63, 3.8) is 0 Å². The van der Waals surface area contributed by atoms with Crippen LogP contribution in [-0.4, -0.2) is 53.4 Å². The van der Waals surface area contributed by atoms with Crippen molar-refractivity contribution >= 4 is 11.9 Å². The number of methoxy groups -OCH3 is 1. The van der Waals surface area contributed by atoms with Crippen molar-refractivity contribution in [1.29, 1.82) is 0 Å². The summed E-state index contributed by atoms with van der Waals surface area (Å²) in [7, 11) is 1.37. The van der Waals surface area contributed by atoms with E-state index in [0.717, 1.165) is 11.3 Å². The number of nitrogens with zero attached hydrogens (tertiary/aromatic N) is 3. The first-order valence-electron chi connectivity index (χ1n) is 10.1. The van der Waals surface area contributed by atoms with E-state index in [4.69, 9.17) is 9.47 Å². The van der Waals surface area contributed by atoms with E-state index in [1.54, 1.807) is 17.9 Å². The van der Waals surface area contributed by atoms with Crippen molar-refractivity contribution in [3.8, 4) is 17.0 Å². The molecule has 2 heterocycles. The van der Waals surface area contributed by atoms with E-state index < -0.39 is 6.04 Å². The second-order valence-electron chi connectivity index (χ2n) is 7.26. The van der Waals surface area contributed by atoms with Crippen molar-refractivity contribution in [2.75, 3.05) is 26.8 Å². The van der Waals surface area contributed by atoms with Gasteiger partial charge in [0.1, 0.15) is 11.8 Å². The number of hydrogen-bond donors (Lipinski definition) is 0. The van der Waals surface area contributed by atoms with E-state index in [1.807, 2.05) is 31.2 Å². The summed E-state index contributed by atoms with van der Waals surface area (Å²) in [5.41, 5.74) is 1.09. The van der Waals surface area contributed by atoms with E-state index in [1.165, 1.54) is 17.9 Å². The van der Waals surface area contributed by atoms with Gasteiger partial charge < -0.3 is 14.4 Å². The number of benzene rings is 1. The molecule has 1 aliphatic heterocycles. The van der Waals surface area contributed by atoms with Crippen molar-refractivity contribution < 1.29 is 19.1 Å². The van der Waals surface area contributed by atoms with Gasteiger partial charge in [-0.1, -0.05) is 0 Å². The molecule has 1 aromatic heterocycles. The highest BCUT2D eigenvalue weighted by Crippen LogP contribution is 2.22. The Balaban J connectivity index is 1.75. The van der Waals surface area contributed by atoms with Crippen LogP contribution in [0.1, 0.15) is 32.7 Å². The Morgan fingerprint density at radius 3 is 2.40 bits per heavy atom. The summed E-state index contributed by atoms with van der Waals surface area (Å²) in [5, 5.41) is 4.43. The number of likely N-dealkylation sites (tertiary alicyclic amines) is 1. The average molecular weight is 413 g/mol. The highest BCUT2D eigenvalue weighted by molar-refractivity contribution is 5.80. The molecule has 0 saturated carbocycles. The second kappa shape index (κ2) is 9.56. The molecule has 0 radical (unpaired) electrons. The van der Waals surface area contributed by atoms with Gasteiger partial charge >= 0.3 is 5.97 Å². The Labute approximate surface area is 175 Å². The predicted molar refractivity (Wildman–Crippen MR) is 111 cm³/mol. The molecule has 1 unspecified atom stereocenters. The van der Waals surface area contributed by atoms with Gasteiger partial charge in [0.2, 0.25) is 5.91 Å². The molecule has 2 aromatic rings. The maximum absolute atomic E-state index is 13.0. The summed E-state index contributed by atoms with van der Waals surface area (Å²) < 4.78 is 11.5. The molecular formula is C22H27N3O5. The fourth-order valence-corrected chi connectivity index (χ4v) is 3.62. The maximum Gasteiger partial charge on any atom is 0.308 e. The van der Waals surface area contributed by atoms with E-state index in [0.29, 0.717) is 38.2 Å². The molecule has 8 nitrogen and oxygen atoms in total. The summed E-state index contributed by atoms with van der Waals surface area (Å²) in [6, 6.07) is 9.75. The number of rotatable bonds is 6. The topological polar surface area (TPSA) is 90.7 Å². The van der Waals surface area contributed by atoms with Crippen LogP contribution in [0.3, 0.4) is 0 Å². The zero-order chi connectivity index (χ0) is 21.7. The molecule has 1 aliphatic rings. The van der Waals surface area contributed by atoms with Crippen LogP contribution in [-0.2, 0) is 14.3 Å². The van der Waals surface area contributed by atoms with E-state index in [2.05, 4.69) is 5.10 Å². The molecular weight excluding hydrogens is 386 g/mol. The van der Waals surface area contributed by atoms with Crippen LogP contribution in [0.4, 0.5) is 0 Å². The normalized spacial score (nSPS) is 15.5. The van der Waals surface area contributed by atoms with Gasteiger partial charge in [-0.25, -0.2) is 4.68 Å². The molecule has 0 spiro atoms. The molecule has 1 amide bonds. The SMILES string of the molecule is CCOc1ccc(-c2ccc(=O)n(C(C)C(=O)N3CCC(C(=O)OC)CC3)n2)cc1. The smallest absolute Gasteiger partial charge is 0.308 e. The van der Waals surface area contributed by atoms with E-state index >= 15 is 0 Å². The van der Waals surface area contributed by atoms with Crippen LogP contribution in [0, 0.1) is 5.92 Å². The molecule has 160 valence electrons. The fourth-order valence-electron chi connectivity index (χ4n) is 3.62. The van der Waals surface area contributed by atoms with Crippen LogP contribution in [0.2, 0.25) is 0 Å². The highest BCUT2D eigenvalue weighted by atomic mass is 16.5. The Kier molecular flexibility index (Phi) is 6.87. The van der Waals surface area contributed by atoms with Gasteiger partial charge in [-0.2, -0.15) is 5.10 Å². The Morgan fingerprint density at radius 1 is 1.13 bits per heavy atom. The second-order valence-corrected chi connectivity index (χ2v) is 7.26. The molecule has 0 aliphatic carbocycles. The number of aromatic nitrogens is 2. The number of amides is 1. The van der Waals surface area contributed by atoms with Gasteiger partial charge in [-0.15, -0.1) is 0 Å². The number of carbonyl (C=O) groups is 2. The number of carbonyl (C=O) groups excluding carboxylic acids is 2. The van der Waals surface area contributed by atoms with Crippen LogP contribution >= 0.6 is 0 Å². The Hall–Kier alpha value is -3.16. The number of esters is 1. The summed E-state index contributed by atoms with van der Waals surface area (Å²) in [4.78, 5) is 38.7. The van der Waals surface area contributed by atoms with Gasteiger partial charge in [-0.3, -0.25) is 14.4 Å². The van der Waals surface area contributed by atoms with Gasteiger partial charge in [0.05, 0.1) is 25.3 Å². The minimum atomic E-state index is -0.741. The first-order valence-corrected chi connectivity index (χ1v) is 10.1. The summed E-state index contributed by atoms with van der Waals surface area (Å²) in [6.07, 6.45) is 1.11. The van der Waals surface area contributed by atoms with Gasteiger partial charge in [-0.05, 0) is 57.0 Å². The minimum absolute atomic E-state index is 0.182. The third kappa shape index (κ3) is 4.69. The zero-order valence-electron chi connectivity index (χ0n) is 17.5. The van der Waals surface area contributed by atoms with Crippen LogP contribution in [0.25, 0.3) is 11.3 Å². The standard InChI is InChI=1S/C22H27N3O5/c1-4-30-18-7-5-16(6-8-18)19-9-10-20(26)25(23-19)15(2)21(27)24-13-11-17(12-14-24)22(28)29-3/h5-10,15,17H,4,11-14H2,1-3H3. The van der Waals surface area contributed by atoms with E-state index in [-0.39, 0.29) is 23.4 Å². The highest BCUT2D eigenvalue weighted by Gasteiger charge is 2.31. The quantitative estimate of drug-likeness (QED) is 0.675. The monoisotopic (exact) mass is 413 g/mol.